The molecule has 0 saturated heterocycles. The highest BCUT2D eigenvalue weighted by molar-refractivity contribution is 6.47. The van der Waals surface area contributed by atoms with Crippen molar-refractivity contribution in [2.45, 2.75) is 90.8 Å². The van der Waals surface area contributed by atoms with E-state index in [9.17, 15) is 14.0 Å². The summed E-state index contributed by atoms with van der Waals surface area (Å²) in [7, 11) is 0. The minimum atomic E-state index is -0.726. The zero-order valence-electron chi connectivity index (χ0n) is 26.1. The Balaban J connectivity index is 1.48. The van der Waals surface area contributed by atoms with E-state index < -0.39 is 11.5 Å². The molecule has 5 rings (SSSR count). The number of carbonyl (C=O) groups excluding carboxylic acids is 2. The number of unbranched alkanes of at least 4 members (excludes halogenated alkanes) is 2. The first-order chi connectivity index (χ1) is 21.0. The highest BCUT2D eigenvalue weighted by atomic mass is 35.5. The fourth-order valence-corrected chi connectivity index (χ4v) is 6.94. The predicted molar refractivity (Wildman–Crippen MR) is 172 cm³/mol. The lowest BCUT2D eigenvalue weighted by Crippen LogP contribution is -2.51. The second-order valence-corrected chi connectivity index (χ2v) is 13.6. The van der Waals surface area contributed by atoms with Crippen molar-refractivity contribution in [3.63, 3.8) is 0 Å². The lowest BCUT2D eigenvalue weighted by atomic mass is 9.69. The van der Waals surface area contributed by atoms with Gasteiger partial charge in [0.05, 0.1) is 12.6 Å². The monoisotopic (exact) mass is 620 g/mol. The number of amides is 2. The summed E-state index contributed by atoms with van der Waals surface area (Å²) in [6, 6.07) is 11.4. The number of benzene rings is 2. The molecule has 10 heteroatoms. The molecular weight excluding hydrogens is 579 g/mol. The summed E-state index contributed by atoms with van der Waals surface area (Å²) in [6.07, 6.45) is 7.13. The number of rotatable bonds is 10. The first-order valence-electron chi connectivity index (χ1n) is 15.7. The van der Waals surface area contributed by atoms with Crippen molar-refractivity contribution >= 4 is 35.0 Å². The number of nitrogens with zero attached hydrogens (tertiary/aromatic N) is 5. The van der Waals surface area contributed by atoms with E-state index in [-0.39, 0.29) is 40.6 Å². The molecule has 1 aliphatic carbocycles. The second-order valence-electron chi connectivity index (χ2n) is 13.2. The van der Waals surface area contributed by atoms with Crippen LogP contribution >= 0.6 is 11.6 Å². The van der Waals surface area contributed by atoms with Gasteiger partial charge in [0.15, 0.2) is 12.5 Å². The van der Waals surface area contributed by atoms with E-state index in [1.54, 1.807) is 18.2 Å². The molecule has 1 fully saturated rings. The van der Waals surface area contributed by atoms with Crippen LogP contribution in [0.4, 0.5) is 4.39 Å². The topological polar surface area (TPSA) is 98.9 Å². The van der Waals surface area contributed by atoms with Gasteiger partial charge in [-0.2, -0.15) is 5.11 Å². The van der Waals surface area contributed by atoms with Crippen LogP contribution in [0.3, 0.4) is 0 Å². The number of azo groups is 1. The minimum absolute atomic E-state index is 0.155. The van der Waals surface area contributed by atoms with Crippen LogP contribution in [0.25, 0.3) is 0 Å². The van der Waals surface area contributed by atoms with Crippen molar-refractivity contribution in [1.82, 2.24) is 10.2 Å². The molecule has 234 valence electrons. The second kappa shape index (κ2) is 13.3. The number of hydrogen-bond donors (Lipinski definition) is 1. The van der Waals surface area contributed by atoms with E-state index in [4.69, 9.17) is 16.6 Å². The Labute approximate surface area is 264 Å². The predicted octanol–water partition coefficient (Wildman–Crippen LogP) is 7.92. The summed E-state index contributed by atoms with van der Waals surface area (Å²) in [4.78, 5) is 38.6. The quantitative estimate of drug-likeness (QED) is 0.273. The molecule has 0 aromatic heterocycles. The van der Waals surface area contributed by atoms with Crippen molar-refractivity contribution in [1.29, 1.82) is 0 Å². The minimum Gasteiger partial charge on any atom is -0.345 e. The highest BCUT2D eigenvalue weighted by Gasteiger charge is 2.52. The molecule has 1 N–H and O–H groups in total. The summed E-state index contributed by atoms with van der Waals surface area (Å²) >= 11 is 6.23. The molecule has 2 aromatic carbocycles. The molecule has 0 bridgehead atoms. The number of halogens is 2. The number of nitrogens with one attached hydrogen (secondary N) is 1. The fraction of sp³-hybridized carbons (Fsp3) is 0.529. The molecule has 0 radical (unpaired) electrons. The average molecular weight is 621 g/mol. The van der Waals surface area contributed by atoms with E-state index in [0.29, 0.717) is 29.5 Å². The van der Waals surface area contributed by atoms with Crippen LogP contribution in [0.15, 0.2) is 62.7 Å². The van der Waals surface area contributed by atoms with Gasteiger partial charge in [-0.15, -0.1) is 5.11 Å². The van der Waals surface area contributed by atoms with E-state index in [2.05, 4.69) is 48.2 Å². The number of hydrogen-bond acceptors (Lipinski definition) is 6. The first-order valence-corrected chi connectivity index (χ1v) is 16.1. The Morgan fingerprint density at radius 3 is 2.48 bits per heavy atom. The van der Waals surface area contributed by atoms with Gasteiger partial charge in [-0.1, -0.05) is 70.7 Å². The van der Waals surface area contributed by atoms with Gasteiger partial charge in [0.25, 0.3) is 11.8 Å². The van der Waals surface area contributed by atoms with Crippen molar-refractivity contribution in [3.05, 3.63) is 70.0 Å². The van der Waals surface area contributed by atoms with E-state index in [1.165, 1.54) is 12.1 Å². The molecule has 2 heterocycles. The molecule has 3 aliphatic rings. The first kappa shape index (κ1) is 31.9. The number of amidine groups is 1. The number of aliphatic imine (C=N–C) groups is 2. The van der Waals surface area contributed by atoms with Crippen molar-refractivity contribution in [3.8, 4) is 0 Å². The van der Waals surface area contributed by atoms with Gasteiger partial charge in [0, 0.05) is 16.1 Å². The Hall–Kier alpha value is -3.46. The van der Waals surface area contributed by atoms with Crippen LogP contribution in [0.1, 0.15) is 107 Å². The van der Waals surface area contributed by atoms with Crippen LogP contribution in [0.2, 0.25) is 5.02 Å². The summed E-state index contributed by atoms with van der Waals surface area (Å²) in [5.74, 6) is 0.0899. The largest absolute Gasteiger partial charge is 0.345 e. The smallest absolute Gasteiger partial charge is 0.275 e. The van der Waals surface area contributed by atoms with Crippen LogP contribution < -0.4 is 5.32 Å². The molecule has 2 amide bonds. The molecule has 2 aromatic rings. The molecule has 2 aliphatic heterocycles. The maximum absolute atomic E-state index is 14.5. The maximum atomic E-state index is 14.5. The normalized spacial score (nSPS) is 22.4. The highest BCUT2D eigenvalue weighted by Crippen LogP contribution is 2.50. The number of carbonyl (C=O) groups is 2. The van der Waals surface area contributed by atoms with Crippen LogP contribution in [-0.4, -0.2) is 47.1 Å². The van der Waals surface area contributed by atoms with Crippen LogP contribution in [0.5, 0.6) is 0 Å². The molecule has 8 nitrogen and oxygen atoms in total. The molecular formula is C34H42ClFN6O2. The molecule has 1 atom stereocenters. The van der Waals surface area contributed by atoms with Crippen molar-refractivity contribution in [2.75, 3.05) is 13.2 Å². The Bertz CT molecular complexity index is 1450. The standard InChI is InChI=1S/C34H42ClFN6O2/c1-5-6-7-8-28(22-9-11-23(12-10-22)31(43)37-20-29-38-21-39-41-29)42-32(44)30(24-17-26(35)19-27(36)18-24)40-34(42)15-13-25(14-16-34)33(2,3)4/h9-12,17-19,25,28H,5-8,13-16,20-21H2,1-4H3,(H,37,43)/t25?,28-,34?/m1/s1. The van der Waals surface area contributed by atoms with Crippen LogP contribution in [-0.2, 0) is 4.79 Å². The van der Waals surface area contributed by atoms with Gasteiger partial charge in [-0.25, -0.2) is 9.38 Å². The summed E-state index contributed by atoms with van der Waals surface area (Å²) < 4.78 is 14.5. The molecule has 0 unspecified atom stereocenters. The molecule has 44 heavy (non-hydrogen) atoms. The third-order valence-electron chi connectivity index (χ3n) is 9.20. The van der Waals surface area contributed by atoms with Gasteiger partial charge in [0.2, 0.25) is 0 Å². The maximum Gasteiger partial charge on any atom is 0.275 e. The van der Waals surface area contributed by atoms with E-state index >= 15 is 0 Å². The van der Waals surface area contributed by atoms with Gasteiger partial charge < -0.3 is 10.2 Å². The molecule has 1 spiro atoms. The average Bonchev–Trinajstić information content (AvgIpc) is 3.60. The molecule has 1 saturated carbocycles. The van der Waals surface area contributed by atoms with Gasteiger partial charge in [0.1, 0.15) is 17.2 Å². The third-order valence-corrected chi connectivity index (χ3v) is 9.42. The van der Waals surface area contributed by atoms with Gasteiger partial charge in [-0.3, -0.25) is 14.6 Å². The fourth-order valence-electron chi connectivity index (χ4n) is 6.72. The Kier molecular flexibility index (Phi) is 9.63. The SMILES string of the molecule is CCCCC[C@H](c1ccc(C(=O)NCC2=NCN=N2)cc1)N1C(=O)C(c2cc(F)cc(Cl)c2)=NC12CCC(C(C)(C)C)CC2. The third kappa shape index (κ3) is 6.93. The summed E-state index contributed by atoms with van der Waals surface area (Å²) in [5, 5.41) is 10.8. The van der Waals surface area contributed by atoms with Crippen molar-refractivity contribution < 1.29 is 14.0 Å². The lowest BCUT2D eigenvalue weighted by molar-refractivity contribution is -0.133. The summed E-state index contributed by atoms with van der Waals surface area (Å²) in [6.45, 7) is 9.48. The van der Waals surface area contributed by atoms with Gasteiger partial charge >= 0.3 is 0 Å². The Morgan fingerprint density at radius 2 is 1.86 bits per heavy atom. The Morgan fingerprint density at radius 1 is 1.14 bits per heavy atom. The lowest BCUT2D eigenvalue weighted by Gasteiger charge is -2.47. The van der Waals surface area contributed by atoms with Crippen molar-refractivity contribution in [2.24, 2.45) is 31.5 Å². The zero-order chi connectivity index (χ0) is 31.5. The van der Waals surface area contributed by atoms with Gasteiger partial charge in [-0.05, 0) is 79.3 Å². The van der Waals surface area contributed by atoms with E-state index in [1.807, 2.05) is 17.0 Å². The van der Waals surface area contributed by atoms with Crippen LogP contribution in [0, 0.1) is 17.2 Å². The van der Waals surface area contributed by atoms with E-state index in [0.717, 1.165) is 56.9 Å². The zero-order valence-corrected chi connectivity index (χ0v) is 26.8. The summed E-state index contributed by atoms with van der Waals surface area (Å²) in [5.41, 5.74) is 1.56.